The summed E-state index contributed by atoms with van der Waals surface area (Å²) in [4.78, 5) is 7.11. The second kappa shape index (κ2) is 2.96. The van der Waals surface area contributed by atoms with Crippen LogP contribution in [0.3, 0.4) is 0 Å². The number of rotatable bonds is 1. The monoisotopic (exact) mass is 200 g/mol. The van der Waals surface area contributed by atoms with Crippen LogP contribution in [0.4, 0.5) is 0 Å². The Bertz CT molecular complexity index is 408. The normalized spacial score (nSPS) is 10.8. The van der Waals surface area contributed by atoms with Crippen LogP contribution in [0.15, 0.2) is 18.5 Å². The van der Waals surface area contributed by atoms with Gasteiger partial charge in [-0.3, -0.25) is 0 Å². The third kappa shape index (κ3) is 1.17. The summed E-state index contributed by atoms with van der Waals surface area (Å²) in [6, 6.07) is 3.66. The number of halogens is 2. The number of aromatic nitrogens is 2. The van der Waals surface area contributed by atoms with Crippen LogP contribution in [0.5, 0.6) is 0 Å². The Morgan fingerprint density at radius 3 is 3.00 bits per heavy atom. The van der Waals surface area contributed by atoms with Crippen molar-refractivity contribution in [3.63, 3.8) is 0 Å². The van der Waals surface area contributed by atoms with Gasteiger partial charge >= 0.3 is 0 Å². The molecule has 0 fully saturated rings. The van der Waals surface area contributed by atoms with E-state index in [9.17, 15) is 0 Å². The molecule has 0 aliphatic rings. The van der Waals surface area contributed by atoms with Crippen LogP contribution in [0.1, 0.15) is 5.56 Å². The molecule has 0 unspecified atom stereocenters. The number of nitrogens with zero attached hydrogens (tertiary/aromatic N) is 1. The Morgan fingerprint density at radius 1 is 1.42 bits per heavy atom. The summed E-state index contributed by atoms with van der Waals surface area (Å²) in [7, 11) is 0. The molecule has 62 valence electrons. The lowest BCUT2D eigenvalue weighted by Gasteiger charge is -1.97. The third-order valence-electron chi connectivity index (χ3n) is 1.71. The fourth-order valence-electron chi connectivity index (χ4n) is 1.19. The second-order valence-corrected chi connectivity index (χ2v) is 3.20. The smallest absolute Gasteiger partial charge is 0.0932 e. The summed E-state index contributed by atoms with van der Waals surface area (Å²) in [5.41, 5.74) is 2.79. The summed E-state index contributed by atoms with van der Waals surface area (Å²) >= 11 is 11.6. The number of nitrogens with one attached hydrogen (secondary N) is 1. The molecule has 4 heteroatoms. The number of H-pyrrole nitrogens is 1. The fourth-order valence-corrected chi connectivity index (χ4v) is 1.63. The number of hydrogen-bond donors (Lipinski definition) is 1. The maximum absolute atomic E-state index is 5.85. The van der Waals surface area contributed by atoms with Crippen LogP contribution >= 0.6 is 23.2 Å². The minimum absolute atomic E-state index is 0.432. The molecule has 2 aromatic rings. The van der Waals surface area contributed by atoms with Crippen LogP contribution in [0.25, 0.3) is 11.0 Å². The van der Waals surface area contributed by atoms with Crippen molar-refractivity contribution in [2.75, 3.05) is 0 Å². The van der Waals surface area contributed by atoms with Gasteiger partial charge in [0.2, 0.25) is 0 Å². The molecule has 2 nitrogen and oxygen atoms in total. The van der Waals surface area contributed by atoms with Crippen molar-refractivity contribution in [3.05, 3.63) is 29.0 Å². The van der Waals surface area contributed by atoms with Gasteiger partial charge in [0.15, 0.2) is 0 Å². The average molecular weight is 201 g/mol. The molecule has 1 heterocycles. The van der Waals surface area contributed by atoms with Gasteiger partial charge in [-0.05, 0) is 17.7 Å². The third-order valence-corrected chi connectivity index (χ3v) is 2.22. The highest BCUT2D eigenvalue weighted by Crippen LogP contribution is 2.22. The summed E-state index contributed by atoms with van der Waals surface area (Å²) in [6.45, 7) is 0. The van der Waals surface area contributed by atoms with E-state index in [1.807, 2.05) is 12.1 Å². The Kier molecular flexibility index (Phi) is 1.95. The van der Waals surface area contributed by atoms with Gasteiger partial charge in [-0.2, -0.15) is 0 Å². The van der Waals surface area contributed by atoms with Gasteiger partial charge in [-0.25, -0.2) is 4.98 Å². The molecule has 0 bridgehead atoms. The topological polar surface area (TPSA) is 28.7 Å². The first-order valence-corrected chi connectivity index (χ1v) is 4.40. The summed E-state index contributed by atoms with van der Waals surface area (Å²) < 4.78 is 0. The molecule has 1 N–H and O–H groups in total. The highest BCUT2D eigenvalue weighted by Gasteiger charge is 2.03. The Morgan fingerprint density at radius 2 is 2.25 bits per heavy atom. The summed E-state index contributed by atoms with van der Waals surface area (Å²) in [5.74, 6) is 0.432. The lowest BCUT2D eigenvalue weighted by atomic mass is 10.2. The van der Waals surface area contributed by atoms with Gasteiger partial charge < -0.3 is 4.98 Å². The number of fused-ring (bicyclic) bond motifs is 1. The second-order valence-electron chi connectivity index (χ2n) is 2.50. The number of alkyl halides is 1. The van der Waals surface area contributed by atoms with E-state index in [-0.39, 0.29) is 0 Å². The highest BCUT2D eigenvalue weighted by atomic mass is 35.5. The summed E-state index contributed by atoms with van der Waals surface area (Å²) in [6.07, 6.45) is 1.64. The van der Waals surface area contributed by atoms with E-state index in [1.165, 1.54) is 0 Å². The van der Waals surface area contributed by atoms with E-state index in [2.05, 4.69) is 9.97 Å². The number of imidazole rings is 1. The Balaban J connectivity index is 2.80. The Labute approximate surface area is 79.5 Å². The molecule has 12 heavy (non-hydrogen) atoms. The molecule has 0 spiro atoms. The standard InChI is InChI=1S/C8H6Cl2N2/c9-3-5-1-6(10)2-7-8(5)12-4-11-7/h1-2,4H,3H2,(H,11,12). The van der Waals surface area contributed by atoms with Gasteiger partial charge in [0.1, 0.15) is 0 Å². The first kappa shape index (κ1) is 7.90. The van der Waals surface area contributed by atoms with E-state index in [4.69, 9.17) is 23.2 Å². The van der Waals surface area contributed by atoms with Gasteiger partial charge in [0, 0.05) is 10.9 Å². The van der Waals surface area contributed by atoms with E-state index in [1.54, 1.807) is 6.33 Å². The van der Waals surface area contributed by atoms with Crippen LogP contribution < -0.4 is 0 Å². The zero-order valence-corrected chi connectivity index (χ0v) is 7.65. The van der Waals surface area contributed by atoms with Gasteiger partial charge in [-0.1, -0.05) is 11.6 Å². The lowest BCUT2D eigenvalue weighted by Crippen LogP contribution is -1.81. The predicted molar refractivity (Wildman–Crippen MR) is 50.7 cm³/mol. The zero-order valence-electron chi connectivity index (χ0n) is 6.14. The number of benzene rings is 1. The van der Waals surface area contributed by atoms with Crippen LogP contribution in [0.2, 0.25) is 5.02 Å². The molecule has 0 saturated carbocycles. The molecular formula is C8H6Cl2N2. The van der Waals surface area contributed by atoms with Crippen molar-refractivity contribution in [1.82, 2.24) is 9.97 Å². The van der Waals surface area contributed by atoms with Crippen LogP contribution in [-0.4, -0.2) is 9.97 Å². The SMILES string of the molecule is ClCc1cc(Cl)cc2[nH]cnc12. The Hall–Kier alpha value is -0.730. The van der Waals surface area contributed by atoms with Gasteiger partial charge in [0.05, 0.1) is 17.4 Å². The van der Waals surface area contributed by atoms with E-state index >= 15 is 0 Å². The van der Waals surface area contributed by atoms with E-state index < -0.39 is 0 Å². The molecule has 1 aromatic heterocycles. The van der Waals surface area contributed by atoms with Gasteiger partial charge in [0.25, 0.3) is 0 Å². The maximum Gasteiger partial charge on any atom is 0.0932 e. The molecular weight excluding hydrogens is 195 g/mol. The van der Waals surface area contributed by atoms with E-state index in [0.717, 1.165) is 16.6 Å². The van der Waals surface area contributed by atoms with Crippen LogP contribution in [0, 0.1) is 0 Å². The first-order valence-electron chi connectivity index (χ1n) is 3.48. The minimum Gasteiger partial charge on any atom is -0.345 e. The van der Waals surface area contributed by atoms with Crippen molar-refractivity contribution in [2.45, 2.75) is 5.88 Å². The highest BCUT2D eigenvalue weighted by molar-refractivity contribution is 6.31. The zero-order chi connectivity index (χ0) is 8.55. The number of hydrogen-bond acceptors (Lipinski definition) is 1. The molecule has 0 radical (unpaired) electrons. The maximum atomic E-state index is 5.85. The fraction of sp³-hybridized carbons (Fsp3) is 0.125. The van der Waals surface area contributed by atoms with Crippen molar-refractivity contribution >= 4 is 34.2 Å². The molecule has 0 atom stereocenters. The predicted octanol–water partition coefficient (Wildman–Crippen LogP) is 2.96. The average Bonchev–Trinajstić information content (AvgIpc) is 2.50. The molecule has 0 aliphatic carbocycles. The largest absolute Gasteiger partial charge is 0.345 e. The lowest BCUT2D eigenvalue weighted by molar-refractivity contribution is 1.33. The molecule has 2 rings (SSSR count). The quantitative estimate of drug-likeness (QED) is 0.706. The van der Waals surface area contributed by atoms with Crippen molar-refractivity contribution in [3.8, 4) is 0 Å². The summed E-state index contributed by atoms with van der Waals surface area (Å²) in [5, 5.41) is 0.683. The van der Waals surface area contributed by atoms with Crippen molar-refractivity contribution < 1.29 is 0 Å². The van der Waals surface area contributed by atoms with Crippen LogP contribution in [-0.2, 0) is 5.88 Å². The van der Waals surface area contributed by atoms with Crippen molar-refractivity contribution in [1.29, 1.82) is 0 Å². The van der Waals surface area contributed by atoms with Gasteiger partial charge in [-0.15, -0.1) is 11.6 Å². The molecule has 0 aliphatic heterocycles. The molecule has 1 aromatic carbocycles. The van der Waals surface area contributed by atoms with Crippen molar-refractivity contribution in [2.24, 2.45) is 0 Å². The molecule has 0 saturated heterocycles. The molecule has 0 amide bonds. The van der Waals surface area contributed by atoms with E-state index in [0.29, 0.717) is 10.9 Å². The number of aromatic amines is 1. The minimum atomic E-state index is 0.432. The first-order chi connectivity index (χ1) is 5.81.